The van der Waals surface area contributed by atoms with Gasteiger partial charge in [0, 0.05) is 29.6 Å². The van der Waals surface area contributed by atoms with Gasteiger partial charge in [-0.15, -0.1) is 0 Å². The van der Waals surface area contributed by atoms with Gasteiger partial charge in [0.2, 0.25) is 0 Å². The molecule has 3 rings (SSSR count). The standard InChI is InChI=1S/C16H15F2NS/c17-16(18)13-3-1-11(2-4-13)10-19-8-7-12-5-6-14(20)9-15(12)19/h1-7,9,14,16,20H,8,10H2. The molecular weight excluding hydrogens is 276 g/mol. The molecule has 1 nitrogen and oxygen atoms in total. The van der Waals surface area contributed by atoms with Crippen molar-refractivity contribution in [2.45, 2.75) is 18.2 Å². The Morgan fingerprint density at radius 1 is 1.25 bits per heavy atom. The molecule has 0 N–H and O–H groups in total. The lowest BCUT2D eigenvalue weighted by atomic mass is 10.1. The van der Waals surface area contributed by atoms with E-state index in [2.05, 4.69) is 41.8 Å². The van der Waals surface area contributed by atoms with Crippen LogP contribution in [0.3, 0.4) is 0 Å². The zero-order valence-corrected chi connectivity index (χ0v) is 11.7. The van der Waals surface area contributed by atoms with Crippen molar-refractivity contribution >= 4 is 12.6 Å². The van der Waals surface area contributed by atoms with Crippen LogP contribution >= 0.6 is 12.6 Å². The van der Waals surface area contributed by atoms with Crippen LogP contribution in [0.1, 0.15) is 17.6 Å². The summed E-state index contributed by atoms with van der Waals surface area (Å²) in [4.78, 5) is 2.24. The summed E-state index contributed by atoms with van der Waals surface area (Å²) < 4.78 is 25.0. The van der Waals surface area contributed by atoms with Gasteiger partial charge in [-0.25, -0.2) is 8.78 Å². The van der Waals surface area contributed by atoms with Crippen molar-refractivity contribution in [2.75, 3.05) is 6.54 Å². The fourth-order valence-electron chi connectivity index (χ4n) is 2.51. The number of allylic oxidation sites excluding steroid dienone is 1. The van der Waals surface area contributed by atoms with Crippen molar-refractivity contribution in [3.05, 3.63) is 71.0 Å². The van der Waals surface area contributed by atoms with E-state index in [9.17, 15) is 8.78 Å². The molecule has 1 aliphatic heterocycles. The van der Waals surface area contributed by atoms with Gasteiger partial charge in [-0.2, -0.15) is 12.6 Å². The van der Waals surface area contributed by atoms with Crippen molar-refractivity contribution in [1.82, 2.24) is 4.90 Å². The topological polar surface area (TPSA) is 3.24 Å². The molecule has 1 aromatic carbocycles. The second-order valence-electron chi connectivity index (χ2n) is 4.98. The van der Waals surface area contributed by atoms with E-state index in [1.165, 1.54) is 23.4 Å². The number of rotatable bonds is 3. The molecule has 1 aliphatic carbocycles. The van der Waals surface area contributed by atoms with E-state index < -0.39 is 6.43 Å². The van der Waals surface area contributed by atoms with Crippen molar-refractivity contribution in [3.63, 3.8) is 0 Å². The smallest absolute Gasteiger partial charge is 0.263 e. The van der Waals surface area contributed by atoms with Gasteiger partial charge < -0.3 is 4.90 Å². The Morgan fingerprint density at radius 3 is 2.70 bits per heavy atom. The quantitative estimate of drug-likeness (QED) is 0.820. The maximum absolute atomic E-state index is 12.5. The zero-order chi connectivity index (χ0) is 14.1. The third-order valence-electron chi connectivity index (χ3n) is 3.57. The molecule has 0 spiro atoms. The van der Waals surface area contributed by atoms with E-state index in [0.717, 1.165) is 18.7 Å². The third kappa shape index (κ3) is 2.66. The molecule has 20 heavy (non-hydrogen) atoms. The van der Waals surface area contributed by atoms with Crippen LogP contribution in [0.25, 0.3) is 0 Å². The highest BCUT2D eigenvalue weighted by Gasteiger charge is 2.21. The van der Waals surface area contributed by atoms with Crippen LogP contribution in [0.5, 0.6) is 0 Å². The summed E-state index contributed by atoms with van der Waals surface area (Å²) in [7, 11) is 0. The lowest BCUT2D eigenvalue weighted by Crippen LogP contribution is -2.20. The molecule has 2 aliphatic rings. The molecule has 1 unspecified atom stereocenters. The minimum atomic E-state index is -2.40. The lowest BCUT2D eigenvalue weighted by Gasteiger charge is -2.24. The normalized spacial score (nSPS) is 21.0. The van der Waals surface area contributed by atoms with Crippen molar-refractivity contribution in [1.29, 1.82) is 0 Å². The Bertz CT molecular complexity index is 587. The van der Waals surface area contributed by atoms with Crippen molar-refractivity contribution in [3.8, 4) is 0 Å². The molecule has 1 atom stereocenters. The highest BCUT2D eigenvalue weighted by atomic mass is 32.1. The second-order valence-corrected chi connectivity index (χ2v) is 5.58. The minimum Gasteiger partial charge on any atom is -0.363 e. The van der Waals surface area contributed by atoms with Crippen LogP contribution in [0.4, 0.5) is 8.78 Å². The molecule has 1 heterocycles. The van der Waals surface area contributed by atoms with Crippen molar-refractivity contribution < 1.29 is 8.78 Å². The van der Waals surface area contributed by atoms with E-state index in [4.69, 9.17) is 0 Å². The Hall–Kier alpha value is -1.55. The van der Waals surface area contributed by atoms with Crippen molar-refractivity contribution in [2.24, 2.45) is 0 Å². The van der Waals surface area contributed by atoms with Gasteiger partial charge in [0.05, 0.1) is 0 Å². The van der Waals surface area contributed by atoms with Gasteiger partial charge in [-0.1, -0.05) is 42.5 Å². The maximum atomic E-state index is 12.5. The summed E-state index contributed by atoms with van der Waals surface area (Å²) in [5, 5.41) is 0.143. The number of hydrogen-bond donors (Lipinski definition) is 1. The fraction of sp³-hybridized carbons (Fsp3) is 0.250. The maximum Gasteiger partial charge on any atom is 0.263 e. The summed E-state index contributed by atoms with van der Waals surface area (Å²) in [5.74, 6) is 0. The number of fused-ring (bicyclic) bond motifs is 1. The molecular formula is C16H15F2NS. The number of thiol groups is 1. The van der Waals surface area contributed by atoms with E-state index in [-0.39, 0.29) is 10.8 Å². The zero-order valence-electron chi connectivity index (χ0n) is 10.8. The van der Waals surface area contributed by atoms with Gasteiger partial charge in [-0.05, 0) is 17.2 Å². The predicted octanol–water partition coefficient (Wildman–Crippen LogP) is 4.12. The first kappa shape index (κ1) is 13.4. The fourth-order valence-corrected chi connectivity index (χ4v) is 2.73. The van der Waals surface area contributed by atoms with Crippen LogP contribution in [0, 0.1) is 0 Å². The summed E-state index contributed by atoms with van der Waals surface area (Å²) >= 11 is 4.45. The van der Waals surface area contributed by atoms with Gasteiger partial charge in [0.1, 0.15) is 0 Å². The summed E-state index contributed by atoms with van der Waals surface area (Å²) in [6, 6.07) is 6.55. The second kappa shape index (κ2) is 5.44. The molecule has 0 bridgehead atoms. The van der Waals surface area contributed by atoms with Gasteiger partial charge >= 0.3 is 0 Å². The average Bonchev–Trinajstić information content (AvgIpc) is 2.82. The minimum absolute atomic E-state index is 0.0734. The molecule has 0 amide bonds. The number of benzene rings is 1. The lowest BCUT2D eigenvalue weighted by molar-refractivity contribution is 0.151. The van der Waals surface area contributed by atoms with E-state index in [1.807, 2.05) is 0 Å². The molecule has 104 valence electrons. The van der Waals surface area contributed by atoms with Crippen LogP contribution in [0.15, 0.2) is 59.8 Å². The van der Waals surface area contributed by atoms with Crippen LogP contribution in [-0.2, 0) is 6.54 Å². The largest absolute Gasteiger partial charge is 0.363 e. The molecule has 0 aromatic heterocycles. The number of nitrogens with zero attached hydrogens (tertiary/aromatic N) is 1. The number of alkyl halides is 2. The SMILES string of the molecule is FC(F)c1ccc(CN2CC=C3C=CC(S)C=C32)cc1. The molecule has 0 saturated heterocycles. The Kier molecular flexibility index (Phi) is 3.66. The molecule has 0 fully saturated rings. The first-order valence-electron chi connectivity index (χ1n) is 6.54. The van der Waals surface area contributed by atoms with Gasteiger partial charge in [0.25, 0.3) is 6.43 Å². The molecule has 0 radical (unpaired) electrons. The van der Waals surface area contributed by atoms with E-state index in [1.54, 1.807) is 12.1 Å². The van der Waals surface area contributed by atoms with Gasteiger partial charge in [-0.3, -0.25) is 0 Å². The first-order chi connectivity index (χ1) is 9.63. The Balaban J connectivity index is 1.73. The average molecular weight is 291 g/mol. The van der Waals surface area contributed by atoms with Crippen LogP contribution < -0.4 is 0 Å². The monoisotopic (exact) mass is 291 g/mol. The number of halogens is 2. The predicted molar refractivity (Wildman–Crippen MR) is 79.9 cm³/mol. The summed E-state index contributed by atoms with van der Waals surface area (Å²) in [6.45, 7) is 1.58. The highest BCUT2D eigenvalue weighted by Crippen LogP contribution is 2.30. The van der Waals surface area contributed by atoms with E-state index in [0.29, 0.717) is 0 Å². The molecule has 4 heteroatoms. The highest BCUT2D eigenvalue weighted by molar-refractivity contribution is 7.81. The third-order valence-corrected chi connectivity index (χ3v) is 3.90. The van der Waals surface area contributed by atoms with Gasteiger partial charge in [0.15, 0.2) is 0 Å². The van der Waals surface area contributed by atoms with E-state index >= 15 is 0 Å². The van der Waals surface area contributed by atoms with Crippen LogP contribution in [-0.4, -0.2) is 16.7 Å². The Morgan fingerprint density at radius 2 is 2.00 bits per heavy atom. The molecule has 0 saturated carbocycles. The Labute approximate surface area is 122 Å². The molecule has 1 aromatic rings. The summed E-state index contributed by atoms with van der Waals surface area (Å²) in [5.41, 5.74) is 3.52. The first-order valence-corrected chi connectivity index (χ1v) is 7.05. The summed E-state index contributed by atoms with van der Waals surface area (Å²) in [6.07, 6.45) is 6.04. The van der Waals surface area contributed by atoms with Crippen LogP contribution in [0.2, 0.25) is 0 Å². The number of hydrogen-bond acceptors (Lipinski definition) is 2.